The van der Waals surface area contributed by atoms with Gasteiger partial charge in [0.25, 0.3) is 5.91 Å². The number of nitrogen functional groups attached to an aromatic ring is 1. The lowest BCUT2D eigenvalue weighted by Crippen LogP contribution is -2.31. The van der Waals surface area contributed by atoms with Gasteiger partial charge in [-0.2, -0.15) is 9.47 Å². The molecule has 0 aliphatic carbocycles. The van der Waals surface area contributed by atoms with E-state index in [1.165, 1.54) is 11.5 Å². The van der Waals surface area contributed by atoms with Crippen LogP contribution < -0.4 is 16.4 Å². The van der Waals surface area contributed by atoms with E-state index in [1.807, 2.05) is 33.3 Å². The van der Waals surface area contributed by atoms with Crippen molar-refractivity contribution in [1.82, 2.24) is 19.5 Å². The molecular formula is C13H20N6OS. The van der Waals surface area contributed by atoms with Crippen LogP contribution in [-0.2, 0) is 13.5 Å². The summed E-state index contributed by atoms with van der Waals surface area (Å²) in [4.78, 5) is 12.1. The van der Waals surface area contributed by atoms with Gasteiger partial charge >= 0.3 is 0 Å². The van der Waals surface area contributed by atoms with Gasteiger partial charge in [-0.05, 0) is 37.4 Å². The van der Waals surface area contributed by atoms with E-state index in [0.717, 1.165) is 12.0 Å². The van der Waals surface area contributed by atoms with Crippen molar-refractivity contribution in [1.29, 1.82) is 0 Å². The fourth-order valence-corrected chi connectivity index (χ4v) is 2.63. The van der Waals surface area contributed by atoms with Crippen molar-refractivity contribution in [2.45, 2.75) is 26.3 Å². The predicted octanol–water partition coefficient (Wildman–Crippen LogP) is 1.25. The molecule has 2 rings (SSSR count). The van der Waals surface area contributed by atoms with Gasteiger partial charge < -0.3 is 16.4 Å². The Morgan fingerprint density at radius 2 is 2.29 bits per heavy atom. The third-order valence-electron chi connectivity index (χ3n) is 2.82. The van der Waals surface area contributed by atoms with Crippen LogP contribution in [0.4, 0.5) is 10.8 Å². The lowest BCUT2D eigenvalue weighted by atomic mass is 10.2. The molecule has 0 unspecified atom stereocenters. The number of aryl methyl sites for hydroxylation is 1. The van der Waals surface area contributed by atoms with Crippen molar-refractivity contribution in [3.05, 3.63) is 23.5 Å². The molecule has 1 amide bonds. The van der Waals surface area contributed by atoms with Gasteiger partial charge in [-0.1, -0.05) is 0 Å². The van der Waals surface area contributed by atoms with Crippen molar-refractivity contribution in [3.8, 4) is 0 Å². The number of rotatable bonds is 6. The minimum atomic E-state index is -0.194. The molecule has 2 aromatic heterocycles. The molecule has 0 aromatic carbocycles. The molecule has 0 bridgehead atoms. The summed E-state index contributed by atoms with van der Waals surface area (Å²) < 4.78 is 5.82. The van der Waals surface area contributed by atoms with Crippen molar-refractivity contribution in [3.63, 3.8) is 0 Å². The largest absolute Gasteiger partial charge is 0.382 e. The summed E-state index contributed by atoms with van der Waals surface area (Å²) in [7, 11) is 1.88. The van der Waals surface area contributed by atoms with Crippen molar-refractivity contribution < 1.29 is 4.79 Å². The van der Waals surface area contributed by atoms with Crippen molar-refractivity contribution >= 4 is 28.3 Å². The van der Waals surface area contributed by atoms with Crippen LogP contribution >= 0.6 is 11.5 Å². The van der Waals surface area contributed by atoms with E-state index >= 15 is 0 Å². The van der Waals surface area contributed by atoms with E-state index in [2.05, 4.69) is 20.1 Å². The van der Waals surface area contributed by atoms with Gasteiger partial charge in [0.05, 0.1) is 6.20 Å². The van der Waals surface area contributed by atoms with Crippen LogP contribution in [0, 0.1) is 0 Å². The highest BCUT2D eigenvalue weighted by Gasteiger charge is 2.19. The fraction of sp³-hybridized carbons (Fsp3) is 0.462. The summed E-state index contributed by atoms with van der Waals surface area (Å²) in [6.45, 7) is 4.50. The molecule has 0 fully saturated rings. The van der Waals surface area contributed by atoms with E-state index < -0.39 is 0 Å². The monoisotopic (exact) mass is 308 g/mol. The Morgan fingerprint density at radius 3 is 2.90 bits per heavy atom. The highest BCUT2D eigenvalue weighted by Crippen LogP contribution is 2.26. The number of carbonyl (C=O) groups is 1. The molecule has 8 heteroatoms. The minimum absolute atomic E-state index is 0.0556. The predicted molar refractivity (Wildman–Crippen MR) is 84.5 cm³/mol. The maximum absolute atomic E-state index is 12.1. The van der Waals surface area contributed by atoms with Crippen molar-refractivity contribution in [2.24, 2.45) is 7.05 Å². The highest BCUT2D eigenvalue weighted by atomic mass is 32.1. The number of nitrogens with zero attached hydrogens (tertiary/aromatic N) is 3. The first kappa shape index (κ1) is 15.3. The number of aromatic nitrogens is 3. The second kappa shape index (κ2) is 6.57. The van der Waals surface area contributed by atoms with Gasteiger partial charge in [0.15, 0.2) is 5.82 Å². The Labute approximate surface area is 127 Å². The Balaban J connectivity index is 1.98. The van der Waals surface area contributed by atoms with Gasteiger partial charge in [-0.15, -0.1) is 0 Å². The molecule has 0 spiro atoms. The zero-order chi connectivity index (χ0) is 15.4. The zero-order valence-electron chi connectivity index (χ0n) is 12.4. The molecule has 7 nitrogen and oxygen atoms in total. The van der Waals surface area contributed by atoms with Crippen LogP contribution in [-0.4, -0.2) is 32.6 Å². The number of carbonyl (C=O) groups excluding carboxylic acids is 1. The Kier molecular flexibility index (Phi) is 4.79. The Morgan fingerprint density at radius 1 is 1.52 bits per heavy atom. The second-order valence-corrected chi connectivity index (χ2v) is 5.87. The molecule has 0 aliphatic rings. The van der Waals surface area contributed by atoms with Crippen LogP contribution in [0.2, 0.25) is 0 Å². The summed E-state index contributed by atoms with van der Waals surface area (Å²) in [5.74, 6) is 0.0714. The standard InChI is InChI=1S/C13H20N6OS/c1-8(2)17-12(20)10-11(14)18-21-13(10)15-5-4-9-6-16-19(3)7-9/h6-8,15H,4-5H2,1-3H3,(H2,14,18)(H,17,20). The number of hydrogen-bond acceptors (Lipinski definition) is 6. The van der Waals surface area contributed by atoms with E-state index in [4.69, 9.17) is 5.73 Å². The van der Waals surface area contributed by atoms with Gasteiger partial charge in [-0.3, -0.25) is 9.48 Å². The van der Waals surface area contributed by atoms with Crippen LogP contribution in [0.25, 0.3) is 0 Å². The van der Waals surface area contributed by atoms with Gasteiger partial charge in [-0.25, -0.2) is 0 Å². The third kappa shape index (κ3) is 3.94. The Hall–Kier alpha value is -2.09. The molecular weight excluding hydrogens is 288 g/mol. The maximum Gasteiger partial charge on any atom is 0.258 e. The molecule has 0 saturated heterocycles. The minimum Gasteiger partial charge on any atom is -0.382 e. The van der Waals surface area contributed by atoms with Gasteiger partial charge in [0.1, 0.15) is 10.6 Å². The van der Waals surface area contributed by atoms with Crippen molar-refractivity contribution in [2.75, 3.05) is 17.6 Å². The van der Waals surface area contributed by atoms with Crippen LogP contribution in [0.3, 0.4) is 0 Å². The average Bonchev–Trinajstić information content (AvgIpc) is 2.95. The first-order valence-corrected chi connectivity index (χ1v) is 7.52. The molecule has 0 radical (unpaired) electrons. The number of anilines is 2. The van der Waals surface area contributed by atoms with E-state index in [0.29, 0.717) is 17.1 Å². The second-order valence-electron chi connectivity index (χ2n) is 5.10. The normalized spacial score (nSPS) is 10.9. The summed E-state index contributed by atoms with van der Waals surface area (Å²) in [5.41, 5.74) is 7.35. The first-order chi connectivity index (χ1) is 9.97. The highest BCUT2D eigenvalue weighted by molar-refractivity contribution is 7.11. The summed E-state index contributed by atoms with van der Waals surface area (Å²) in [6.07, 6.45) is 4.61. The molecule has 114 valence electrons. The number of nitrogens with two attached hydrogens (primary N) is 1. The lowest BCUT2D eigenvalue weighted by Gasteiger charge is -2.10. The Bertz CT molecular complexity index is 618. The van der Waals surface area contributed by atoms with Crippen LogP contribution in [0.15, 0.2) is 12.4 Å². The smallest absolute Gasteiger partial charge is 0.258 e. The lowest BCUT2D eigenvalue weighted by molar-refractivity contribution is 0.0945. The maximum atomic E-state index is 12.1. The number of amides is 1. The fourth-order valence-electron chi connectivity index (χ4n) is 1.90. The molecule has 2 aromatic rings. The summed E-state index contributed by atoms with van der Waals surface area (Å²) in [6, 6.07) is 0.0556. The molecule has 4 N–H and O–H groups in total. The number of hydrogen-bond donors (Lipinski definition) is 3. The van der Waals surface area contributed by atoms with Crippen LogP contribution in [0.1, 0.15) is 29.8 Å². The van der Waals surface area contributed by atoms with Crippen LogP contribution in [0.5, 0.6) is 0 Å². The molecule has 0 saturated carbocycles. The topological polar surface area (TPSA) is 97.9 Å². The van der Waals surface area contributed by atoms with E-state index in [-0.39, 0.29) is 17.8 Å². The molecule has 21 heavy (non-hydrogen) atoms. The van der Waals surface area contributed by atoms with E-state index in [1.54, 1.807) is 4.68 Å². The van der Waals surface area contributed by atoms with E-state index in [9.17, 15) is 4.79 Å². The molecule has 0 atom stereocenters. The molecule has 2 heterocycles. The van der Waals surface area contributed by atoms with Gasteiger partial charge in [0, 0.05) is 25.8 Å². The average molecular weight is 308 g/mol. The SMILES string of the molecule is CC(C)NC(=O)c1c(N)nsc1NCCc1cnn(C)c1. The number of nitrogens with one attached hydrogen (secondary N) is 2. The molecule has 0 aliphatic heterocycles. The summed E-state index contributed by atoms with van der Waals surface area (Å²) >= 11 is 1.20. The quantitative estimate of drug-likeness (QED) is 0.746. The van der Waals surface area contributed by atoms with Gasteiger partial charge in [0.2, 0.25) is 0 Å². The summed E-state index contributed by atoms with van der Waals surface area (Å²) in [5, 5.41) is 10.9. The third-order valence-corrected chi connectivity index (χ3v) is 3.64. The first-order valence-electron chi connectivity index (χ1n) is 6.74. The zero-order valence-corrected chi connectivity index (χ0v) is 13.2.